The van der Waals surface area contributed by atoms with Crippen LogP contribution in [0.3, 0.4) is 0 Å². The van der Waals surface area contributed by atoms with Crippen LogP contribution in [0.4, 0.5) is 5.69 Å². The molecule has 5 nitrogen and oxygen atoms in total. The van der Waals surface area contributed by atoms with Crippen molar-refractivity contribution in [1.29, 1.82) is 0 Å². The molecule has 0 saturated heterocycles. The Kier molecular flexibility index (Phi) is 5.77. The maximum Gasteiger partial charge on any atom is 0.279 e. The zero-order valence-corrected chi connectivity index (χ0v) is 19.2. The molecule has 3 aromatic rings. The zero-order chi connectivity index (χ0) is 22.2. The van der Waals surface area contributed by atoms with Gasteiger partial charge in [0.15, 0.2) is 0 Å². The number of nitrogens with zero attached hydrogens (tertiary/aromatic N) is 3. The lowest BCUT2D eigenvalue weighted by Gasteiger charge is -2.24. The largest absolute Gasteiger partial charge is 0.378 e. The zero-order valence-electron chi connectivity index (χ0n) is 17.7. The molecule has 1 aliphatic heterocycles. The molecule has 0 aromatic heterocycles. The van der Waals surface area contributed by atoms with E-state index in [0.29, 0.717) is 17.2 Å². The van der Waals surface area contributed by atoms with E-state index in [9.17, 15) is 8.42 Å². The van der Waals surface area contributed by atoms with E-state index < -0.39 is 16.1 Å². The molecule has 3 aromatic carbocycles. The first kappa shape index (κ1) is 21.4. The second-order valence-corrected chi connectivity index (χ2v) is 10.1. The fourth-order valence-electron chi connectivity index (χ4n) is 3.59. The van der Waals surface area contributed by atoms with Crippen molar-refractivity contribution in [3.05, 3.63) is 94.5 Å². The molecular formula is C24H24ClN3O2S. The van der Waals surface area contributed by atoms with E-state index in [4.69, 9.17) is 11.6 Å². The summed E-state index contributed by atoms with van der Waals surface area (Å²) in [5, 5.41) is 5.21. The van der Waals surface area contributed by atoms with E-state index in [0.717, 1.165) is 22.4 Å². The molecule has 160 valence electrons. The summed E-state index contributed by atoms with van der Waals surface area (Å²) in [5.41, 5.74) is 4.53. The predicted molar refractivity (Wildman–Crippen MR) is 126 cm³/mol. The first-order valence-electron chi connectivity index (χ1n) is 9.97. The van der Waals surface area contributed by atoms with Crippen LogP contribution >= 0.6 is 11.6 Å². The van der Waals surface area contributed by atoms with Gasteiger partial charge in [-0.25, -0.2) is 0 Å². The lowest BCUT2D eigenvalue weighted by Crippen LogP contribution is -2.27. The normalized spacial score (nSPS) is 16.3. The number of sulfonamides is 1. The molecule has 0 aliphatic carbocycles. The van der Waals surface area contributed by atoms with E-state index in [-0.39, 0.29) is 4.90 Å². The standard InChI is InChI=1S/C24H24ClN3O2S/c1-17-4-14-22(15-5-17)31(29,30)28-24(19-8-12-21(13-9-19)27(2)3)16-23(26-28)18-6-10-20(25)11-7-18/h4-15,24H,16H2,1-3H3/t24-/m1/s1. The van der Waals surface area contributed by atoms with Crippen LogP contribution in [0, 0.1) is 6.92 Å². The van der Waals surface area contributed by atoms with Gasteiger partial charge in [-0.2, -0.15) is 17.9 Å². The highest BCUT2D eigenvalue weighted by Gasteiger charge is 2.37. The number of hydrogen-bond donors (Lipinski definition) is 0. The summed E-state index contributed by atoms with van der Waals surface area (Å²) in [5.74, 6) is 0. The Morgan fingerprint density at radius 1 is 0.935 bits per heavy atom. The van der Waals surface area contributed by atoms with Crippen LogP contribution in [0.15, 0.2) is 82.8 Å². The minimum Gasteiger partial charge on any atom is -0.378 e. The number of rotatable bonds is 5. The van der Waals surface area contributed by atoms with Crippen LogP contribution in [0.5, 0.6) is 0 Å². The minimum atomic E-state index is -3.82. The molecule has 0 fully saturated rings. The monoisotopic (exact) mass is 453 g/mol. The van der Waals surface area contributed by atoms with Gasteiger partial charge in [-0.05, 0) is 54.4 Å². The predicted octanol–water partition coefficient (Wildman–Crippen LogP) is 5.25. The highest BCUT2D eigenvalue weighted by atomic mass is 35.5. The molecule has 4 rings (SSSR count). The van der Waals surface area contributed by atoms with E-state index in [1.165, 1.54) is 4.41 Å². The summed E-state index contributed by atoms with van der Waals surface area (Å²) in [7, 11) is 0.126. The fraction of sp³-hybridized carbons (Fsp3) is 0.208. The SMILES string of the molecule is Cc1ccc(S(=O)(=O)N2N=C(c3ccc(Cl)cc3)C[C@@H]2c2ccc(N(C)C)cc2)cc1. The van der Waals surface area contributed by atoms with Gasteiger partial charge < -0.3 is 4.90 Å². The molecule has 1 atom stereocenters. The van der Waals surface area contributed by atoms with Gasteiger partial charge >= 0.3 is 0 Å². The van der Waals surface area contributed by atoms with Gasteiger partial charge in [-0.15, -0.1) is 0 Å². The average molecular weight is 454 g/mol. The van der Waals surface area contributed by atoms with E-state index >= 15 is 0 Å². The smallest absolute Gasteiger partial charge is 0.279 e. The van der Waals surface area contributed by atoms with Crippen LogP contribution < -0.4 is 4.90 Å². The first-order valence-corrected chi connectivity index (χ1v) is 11.8. The van der Waals surface area contributed by atoms with E-state index in [2.05, 4.69) is 5.10 Å². The molecule has 0 radical (unpaired) electrons. The van der Waals surface area contributed by atoms with Crippen molar-refractivity contribution in [2.45, 2.75) is 24.3 Å². The highest BCUT2D eigenvalue weighted by molar-refractivity contribution is 7.89. The highest BCUT2D eigenvalue weighted by Crippen LogP contribution is 2.37. The molecular weight excluding hydrogens is 430 g/mol. The number of benzene rings is 3. The summed E-state index contributed by atoms with van der Waals surface area (Å²) in [6.45, 7) is 1.93. The third-order valence-electron chi connectivity index (χ3n) is 5.41. The van der Waals surface area contributed by atoms with Crippen LogP contribution in [0.2, 0.25) is 5.02 Å². The maximum atomic E-state index is 13.5. The molecule has 0 spiro atoms. The third kappa shape index (κ3) is 4.31. The molecule has 0 unspecified atom stereocenters. The van der Waals surface area contributed by atoms with Crippen LogP contribution in [0.25, 0.3) is 0 Å². The summed E-state index contributed by atoms with van der Waals surface area (Å²) < 4.78 is 28.3. The van der Waals surface area contributed by atoms with Crippen LogP contribution in [0.1, 0.15) is 29.2 Å². The van der Waals surface area contributed by atoms with Crippen molar-refractivity contribution in [2.75, 3.05) is 19.0 Å². The summed E-state index contributed by atoms with van der Waals surface area (Å²) >= 11 is 6.03. The number of aryl methyl sites for hydroxylation is 1. The van der Waals surface area contributed by atoms with Crippen molar-refractivity contribution in [3.63, 3.8) is 0 Å². The van der Waals surface area contributed by atoms with Gasteiger partial charge in [0.1, 0.15) is 0 Å². The van der Waals surface area contributed by atoms with E-state index in [1.807, 2.05) is 62.3 Å². The third-order valence-corrected chi connectivity index (χ3v) is 7.36. The number of hydrogen-bond acceptors (Lipinski definition) is 4. The van der Waals surface area contributed by atoms with Gasteiger partial charge in [0.2, 0.25) is 0 Å². The second-order valence-electron chi connectivity index (χ2n) is 7.85. The first-order chi connectivity index (χ1) is 14.8. The topological polar surface area (TPSA) is 53.0 Å². The van der Waals surface area contributed by atoms with Crippen molar-refractivity contribution in [2.24, 2.45) is 5.10 Å². The molecule has 31 heavy (non-hydrogen) atoms. The fourth-order valence-corrected chi connectivity index (χ4v) is 5.15. The molecule has 0 N–H and O–H groups in total. The second kappa shape index (κ2) is 8.36. The lowest BCUT2D eigenvalue weighted by atomic mass is 9.99. The van der Waals surface area contributed by atoms with Gasteiger partial charge in [-0.3, -0.25) is 0 Å². The van der Waals surface area contributed by atoms with Crippen LogP contribution in [-0.2, 0) is 10.0 Å². The lowest BCUT2D eigenvalue weighted by molar-refractivity contribution is 0.371. The summed E-state index contributed by atoms with van der Waals surface area (Å²) in [6.07, 6.45) is 0.480. The quantitative estimate of drug-likeness (QED) is 0.529. The van der Waals surface area contributed by atoms with Gasteiger partial charge in [0.05, 0.1) is 16.6 Å². The number of anilines is 1. The summed E-state index contributed by atoms with van der Waals surface area (Å²) in [6, 6.07) is 21.7. The van der Waals surface area contributed by atoms with Gasteiger partial charge in [-0.1, -0.05) is 53.6 Å². The van der Waals surface area contributed by atoms with Crippen LogP contribution in [-0.4, -0.2) is 32.6 Å². The van der Waals surface area contributed by atoms with Gasteiger partial charge in [0, 0.05) is 31.2 Å². The average Bonchev–Trinajstić information content (AvgIpc) is 3.21. The molecule has 1 heterocycles. The summed E-state index contributed by atoms with van der Waals surface area (Å²) in [4.78, 5) is 2.24. The molecule has 0 saturated carbocycles. The van der Waals surface area contributed by atoms with Gasteiger partial charge in [0.25, 0.3) is 10.0 Å². The number of halogens is 1. The Morgan fingerprint density at radius 2 is 1.55 bits per heavy atom. The number of hydrazone groups is 1. The van der Waals surface area contributed by atoms with Crippen molar-refractivity contribution < 1.29 is 8.42 Å². The molecule has 0 bridgehead atoms. The Bertz CT molecular complexity index is 1200. The minimum absolute atomic E-state index is 0.231. The Labute approximate surface area is 188 Å². The molecule has 7 heteroatoms. The van der Waals surface area contributed by atoms with Crippen molar-refractivity contribution in [3.8, 4) is 0 Å². The van der Waals surface area contributed by atoms with E-state index in [1.54, 1.807) is 36.4 Å². The Morgan fingerprint density at radius 3 is 2.13 bits per heavy atom. The molecule has 1 aliphatic rings. The van der Waals surface area contributed by atoms with Crippen molar-refractivity contribution in [1.82, 2.24) is 4.41 Å². The Hall–Kier alpha value is -2.83. The molecule has 0 amide bonds. The van der Waals surface area contributed by atoms with Crippen molar-refractivity contribution >= 4 is 33.0 Å². The Balaban J connectivity index is 1.77. The maximum absolute atomic E-state index is 13.5.